The van der Waals surface area contributed by atoms with Crippen molar-refractivity contribution in [3.63, 3.8) is 0 Å². The van der Waals surface area contributed by atoms with E-state index in [-0.39, 0.29) is 11.6 Å². The predicted molar refractivity (Wildman–Crippen MR) is 65.6 cm³/mol. The average molecular weight is 236 g/mol. The number of Topliss-reactive ketones (excluding diaryl/α,β-unsaturated/α-hetero) is 1. The zero-order valence-corrected chi connectivity index (χ0v) is 10.0. The van der Waals surface area contributed by atoms with Gasteiger partial charge in [-0.1, -0.05) is 5.57 Å². The van der Waals surface area contributed by atoms with E-state index in [9.17, 15) is 9.18 Å². The van der Waals surface area contributed by atoms with Gasteiger partial charge in [0.1, 0.15) is 5.82 Å². The van der Waals surface area contributed by atoms with Gasteiger partial charge in [0.05, 0.1) is 13.2 Å². The molecule has 0 N–H and O–H groups in total. The van der Waals surface area contributed by atoms with Crippen LogP contribution in [-0.2, 0) is 4.74 Å². The molecule has 0 aliphatic rings. The first kappa shape index (κ1) is 13.6. The molecule has 1 aromatic rings. The van der Waals surface area contributed by atoms with E-state index in [4.69, 9.17) is 4.74 Å². The molecule has 0 aliphatic heterocycles. The number of benzene rings is 1. The Morgan fingerprint density at radius 3 is 2.41 bits per heavy atom. The topological polar surface area (TPSA) is 26.3 Å². The Bertz CT molecular complexity index is 382. The van der Waals surface area contributed by atoms with Crippen LogP contribution in [0.5, 0.6) is 0 Å². The molecule has 0 atom stereocenters. The van der Waals surface area contributed by atoms with Crippen LogP contribution in [0.25, 0.3) is 0 Å². The largest absolute Gasteiger partial charge is 0.381 e. The standard InChI is InChI=1S/C14H17FO2/c1-11(2)7-9-17-10-8-14(16)12-3-5-13(15)6-4-12/h3-6H,1,7-10H2,2H3. The van der Waals surface area contributed by atoms with Gasteiger partial charge in [-0.3, -0.25) is 4.79 Å². The fourth-order valence-electron chi connectivity index (χ4n) is 1.29. The number of rotatable bonds is 7. The molecule has 17 heavy (non-hydrogen) atoms. The van der Waals surface area contributed by atoms with Crippen molar-refractivity contribution in [1.82, 2.24) is 0 Å². The third-order valence-corrected chi connectivity index (χ3v) is 2.31. The van der Waals surface area contributed by atoms with E-state index in [2.05, 4.69) is 6.58 Å². The summed E-state index contributed by atoms with van der Waals surface area (Å²) >= 11 is 0. The monoisotopic (exact) mass is 236 g/mol. The van der Waals surface area contributed by atoms with Crippen LogP contribution in [-0.4, -0.2) is 19.0 Å². The van der Waals surface area contributed by atoms with Crippen molar-refractivity contribution in [2.45, 2.75) is 19.8 Å². The lowest BCUT2D eigenvalue weighted by Crippen LogP contribution is -2.05. The smallest absolute Gasteiger partial charge is 0.165 e. The maximum atomic E-state index is 12.6. The molecule has 0 spiro atoms. The lowest BCUT2D eigenvalue weighted by atomic mass is 10.1. The summed E-state index contributed by atoms with van der Waals surface area (Å²) in [6.45, 7) is 6.68. The average Bonchev–Trinajstić information content (AvgIpc) is 2.29. The highest BCUT2D eigenvalue weighted by Gasteiger charge is 2.05. The Balaban J connectivity index is 2.25. The van der Waals surface area contributed by atoms with E-state index in [1.807, 2.05) is 6.92 Å². The molecule has 0 bridgehead atoms. The van der Waals surface area contributed by atoms with Gasteiger partial charge < -0.3 is 4.74 Å². The Hall–Kier alpha value is -1.48. The second kappa shape index (κ2) is 6.97. The molecule has 0 saturated carbocycles. The summed E-state index contributed by atoms with van der Waals surface area (Å²) in [5.74, 6) is -0.361. The van der Waals surface area contributed by atoms with Crippen LogP contribution in [0.4, 0.5) is 4.39 Å². The minimum Gasteiger partial charge on any atom is -0.381 e. The SMILES string of the molecule is C=C(C)CCOCCC(=O)c1ccc(F)cc1. The fraction of sp³-hybridized carbons (Fsp3) is 0.357. The maximum absolute atomic E-state index is 12.6. The Labute approximate surface area is 101 Å². The van der Waals surface area contributed by atoms with Crippen LogP contribution < -0.4 is 0 Å². The van der Waals surface area contributed by atoms with Crippen molar-refractivity contribution in [2.75, 3.05) is 13.2 Å². The molecule has 92 valence electrons. The van der Waals surface area contributed by atoms with Gasteiger partial charge in [-0.25, -0.2) is 4.39 Å². The molecule has 0 fully saturated rings. The quantitative estimate of drug-likeness (QED) is 0.412. The van der Waals surface area contributed by atoms with Gasteiger partial charge in [0.2, 0.25) is 0 Å². The number of ketones is 1. The Morgan fingerprint density at radius 1 is 1.24 bits per heavy atom. The van der Waals surface area contributed by atoms with E-state index >= 15 is 0 Å². The first-order valence-corrected chi connectivity index (χ1v) is 5.60. The number of hydrogen-bond donors (Lipinski definition) is 0. The molecule has 0 heterocycles. The second-order valence-corrected chi connectivity index (χ2v) is 4.00. The summed E-state index contributed by atoms with van der Waals surface area (Å²) in [7, 11) is 0. The molecular formula is C14H17FO2. The number of ether oxygens (including phenoxy) is 1. The van der Waals surface area contributed by atoms with E-state index in [0.717, 1.165) is 12.0 Å². The minimum absolute atomic E-state index is 0.0275. The van der Waals surface area contributed by atoms with Gasteiger partial charge in [0, 0.05) is 12.0 Å². The molecule has 0 unspecified atom stereocenters. The maximum Gasteiger partial charge on any atom is 0.165 e. The number of carbonyl (C=O) groups is 1. The third-order valence-electron chi connectivity index (χ3n) is 2.31. The van der Waals surface area contributed by atoms with Crippen molar-refractivity contribution >= 4 is 5.78 Å². The molecule has 1 aromatic carbocycles. The molecule has 2 nitrogen and oxygen atoms in total. The van der Waals surface area contributed by atoms with Gasteiger partial charge in [-0.05, 0) is 37.6 Å². The second-order valence-electron chi connectivity index (χ2n) is 4.00. The molecule has 0 radical (unpaired) electrons. The first-order valence-electron chi connectivity index (χ1n) is 5.60. The lowest BCUT2D eigenvalue weighted by molar-refractivity contribution is 0.0882. The van der Waals surface area contributed by atoms with Crippen LogP contribution in [0, 0.1) is 5.82 Å². The van der Waals surface area contributed by atoms with Crippen LogP contribution in [0.15, 0.2) is 36.4 Å². The van der Waals surface area contributed by atoms with Gasteiger partial charge in [0.15, 0.2) is 5.78 Å². The lowest BCUT2D eigenvalue weighted by Gasteiger charge is -2.03. The van der Waals surface area contributed by atoms with E-state index < -0.39 is 0 Å². The summed E-state index contributed by atoms with van der Waals surface area (Å²) in [6.07, 6.45) is 1.13. The van der Waals surface area contributed by atoms with E-state index in [1.54, 1.807) is 0 Å². The molecule has 0 aliphatic carbocycles. The van der Waals surface area contributed by atoms with Gasteiger partial charge >= 0.3 is 0 Å². The Kier molecular flexibility index (Phi) is 5.57. The highest BCUT2D eigenvalue weighted by Crippen LogP contribution is 2.06. The fourth-order valence-corrected chi connectivity index (χ4v) is 1.29. The Morgan fingerprint density at radius 2 is 1.82 bits per heavy atom. The molecule has 0 amide bonds. The van der Waals surface area contributed by atoms with Gasteiger partial charge in [-0.15, -0.1) is 6.58 Å². The van der Waals surface area contributed by atoms with Crippen molar-refractivity contribution in [3.05, 3.63) is 47.8 Å². The summed E-state index contributed by atoms with van der Waals surface area (Å²) in [6, 6.07) is 5.56. The summed E-state index contributed by atoms with van der Waals surface area (Å²) in [4.78, 5) is 11.6. The number of hydrogen-bond acceptors (Lipinski definition) is 2. The molecule has 3 heteroatoms. The van der Waals surface area contributed by atoms with Crippen molar-refractivity contribution < 1.29 is 13.9 Å². The molecular weight excluding hydrogens is 219 g/mol. The molecule has 1 rings (SSSR count). The zero-order valence-electron chi connectivity index (χ0n) is 10.0. The van der Waals surface area contributed by atoms with Crippen LogP contribution in [0.3, 0.4) is 0 Å². The van der Waals surface area contributed by atoms with E-state index in [0.29, 0.717) is 25.2 Å². The highest BCUT2D eigenvalue weighted by atomic mass is 19.1. The summed E-state index contributed by atoms with van der Waals surface area (Å²) in [5.41, 5.74) is 1.59. The summed E-state index contributed by atoms with van der Waals surface area (Å²) in [5, 5.41) is 0. The van der Waals surface area contributed by atoms with Crippen LogP contribution in [0.1, 0.15) is 30.1 Å². The third kappa shape index (κ3) is 5.41. The first-order chi connectivity index (χ1) is 8.09. The zero-order chi connectivity index (χ0) is 12.7. The number of carbonyl (C=O) groups excluding carboxylic acids is 1. The normalized spacial score (nSPS) is 10.2. The number of halogens is 1. The van der Waals surface area contributed by atoms with Crippen molar-refractivity contribution in [1.29, 1.82) is 0 Å². The van der Waals surface area contributed by atoms with Gasteiger partial charge in [0.25, 0.3) is 0 Å². The summed E-state index contributed by atoms with van der Waals surface area (Å²) < 4.78 is 17.9. The minimum atomic E-state index is -0.334. The molecule has 0 saturated heterocycles. The highest BCUT2D eigenvalue weighted by molar-refractivity contribution is 5.96. The van der Waals surface area contributed by atoms with E-state index in [1.165, 1.54) is 24.3 Å². The molecule has 0 aromatic heterocycles. The van der Waals surface area contributed by atoms with Crippen LogP contribution in [0.2, 0.25) is 0 Å². The van der Waals surface area contributed by atoms with Crippen LogP contribution >= 0.6 is 0 Å². The van der Waals surface area contributed by atoms with Crippen molar-refractivity contribution in [2.24, 2.45) is 0 Å². The van der Waals surface area contributed by atoms with Crippen molar-refractivity contribution in [3.8, 4) is 0 Å². The van der Waals surface area contributed by atoms with Gasteiger partial charge in [-0.2, -0.15) is 0 Å². The predicted octanol–water partition coefficient (Wildman–Crippen LogP) is 3.38.